The molecule has 0 heterocycles. The van der Waals surface area contributed by atoms with E-state index in [9.17, 15) is 9.59 Å². The number of hydrogen-bond acceptors (Lipinski definition) is 4. The number of aryl methyl sites for hydroxylation is 1. The molecule has 0 bridgehead atoms. The summed E-state index contributed by atoms with van der Waals surface area (Å²) in [5.41, 5.74) is 7.91. The fraction of sp³-hybridized carbons (Fsp3) is 0.222. The molecule has 0 aromatic heterocycles. The lowest BCUT2D eigenvalue weighted by atomic mass is 10.1. The highest BCUT2D eigenvalue weighted by Crippen LogP contribution is 2.26. The minimum atomic E-state index is -0.645. The van der Waals surface area contributed by atoms with Gasteiger partial charge >= 0.3 is 5.97 Å². The maximum Gasteiger partial charge on any atom is 0.340 e. The molecule has 7 heteroatoms. The Kier molecular flexibility index (Phi) is 6.28. The molecule has 0 spiro atoms. The van der Waals surface area contributed by atoms with Gasteiger partial charge in [0.1, 0.15) is 0 Å². The van der Waals surface area contributed by atoms with Gasteiger partial charge in [-0.05, 0) is 43.2 Å². The summed E-state index contributed by atoms with van der Waals surface area (Å²) in [6.07, 6.45) is 0. The van der Waals surface area contributed by atoms with Gasteiger partial charge in [0.05, 0.1) is 11.6 Å². The number of rotatable bonds is 5. The van der Waals surface area contributed by atoms with E-state index in [-0.39, 0.29) is 11.6 Å². The molecule has 1 amide bonds. The maximum absolute atomic E-state index is 12.1. The molecule has 2 aromatic carbocycles. The number of carbonyl (C=O) groups excluding carboxylic acids is 2. The smallest absolute Gasteiger partial charge is 0.340 e. The molecule has 1 atom stereocenters. The molecular formula is C18H18Cl2N2O3. The third kappa shape index (κ3) is 4.87. The number of benzene rings is 2. The van der Waals surface area contributed by atoms with Crippen molar-refractivity contribution < 1.29 is 14.3 Å². The number of ether oxygens (including phenoxy) is 1. The Labute approximate surface area is 156 Å². The van der Waals surface area contributed by atoms with Gasteiger partial charge < -0.3 is 15.8 Å². The third-order valence-electron chi connectivity index (χ3n) is 3.68. The predicted molar refractivity (Wildman–Crippen MR) is 98.9 cm³/mol. The normalized spacial score (nSPS) is 11.7. The number of nitrogens with two attached hydrogens (primary N) is 1. The number of para-hydroxylation sites is 1. The van der Waals surface area contributed by atoms with E-state index in [0.29, 0.717) is 21.3 Å². The fourth-order valence-corrected chi connectivity index (χ4v) is 2.85. The van der Waals surface area contributed by atoms with Crippen molar-refractivity contribution in [1.82, 2.24) is 5.32 Å². The van der Waals surface area contributed by atoms with Crippen LogP contribution in [0.2, 0.25) is 10.0 Å². The van der Waals surface area contributed by atoms with Gasteiger partial charge in [-0.25, -0.2) is 4.79 Å². The van der Waals surface area contributed by atoms with Crippen LogP contribution in [0.15, 0.2) is 36.4 Å². The number of anilines is 1. The molecule has 0 radical (unpaired) electrons. The molecule has 0 aliphatic rings. The number of nitrogens with one attached hydrogen (secondary N) is 1. The van der Waals surface area contributed by atoms with Crippen molar-refractivity contribution in [2.45, 2.75) is 19.9 Å². The molecule has 0 aliphatic carbocycles. The maximum atomic E-state index is 12.1. The van der Waals surface area contributed by atoms with Crippen molar-refractivity contribution in [3.05, 3.63) is 63.1 Å². The third-order valence-corrected chi connectivity index (χ3v) is 4.25. The van der Waals surface area contributed by atoms with Crippen LogP contribution in [-0.2, 0) is 9.53 Å². The first-order valence-electron chi connectivity index (χ1n) is 7.56. The van der Waals surface area contributed by atoms with Gasteiger partial charge in [0, 0.05) is 15.7 Å². The standard InChI is InChI=1S/C18H18Cl2N2O3/c1-10-4-3-5-14(17(10)21)18(24)25-9-16(23)22-11(2)13-7-6-12(19)8-15(13)20/h3-8,11H,9,21H2,1-2H3,(H,22,23)/t11-/m1/s1. The number of hydrogen-bond donors (Lipinski definition) is 2. The fourth-order valence-electron chi connectivity index (χ4n) is 2.28. The molecule has 2 rings (SSSR count). The van der Waals surface area contributed by atoms with Gasteiger partial charge in [-0.2, -0.15) is 0 Å². The summed E-state index contributed by atoms with van der Waals surface area (Å²) in [4.78, 5) is 24.1. The van der Waals surface area contributed by atoms with E-state index in [1.165, 1.54) is 0 Å². The molecule has 0 fully saturated rings. The summed E-state index contributed by atoms with van der Waals surface area (Å²) in [5, 5.41) is 3.67. The van der Waals surface area contributed by atoms with Gasteiger partial charge in [-0.3, -0.25) is 4.79 Å². The molecule has 0 saturated carbocycles. The summed E-state index contributed by atoms with van der Waals surface area (Å²) in [7, 11) is 0. The summed E-state index contributed by atoms with van der Waals surface area (Å²) in [6.45, 7) is 3.14. The van der Waals surface area contributed by atoms with Crippen LogP contribution in [0, 0.1) is 6.92 Å². The van der Waals surface area contributed by atoms with Crippen LogP contribution < -0.4 is 11.1 Å². The van der Waals surface area contributed by atoms with Gasteiger partial charge in [0.2, 0.25) is 0 Å². The Bertz CT molecular complexity index is 809. The van der Waals surface area contributed by atoms with E-state index >= 15 is 0 Å². The zero-order valence-electron chi connectivity index (χ0n) is 13.8. The molecule has 132 valence electrons. The lowest BCUT2D eigenvalue weighted by Crippen LogP contribution is -2.31. The van der Waals surface area contributed by atoms with Gasteiger partial charge in [0.15, 0.2) is 6.61 Å². The number of nitrogen functional groups attached to an aromatic ring is 1. The average molecular weight is 381 g/mol. The minimum absolute atomic E-state index is 0.238. The molecule has 5 nitrogen and oxygen atoms in total. The van der Waals surface area contributed by atoms with E-state index in [1.54, 1.807) is 50.2 Å². The molecule has 3 N–H and O–H groups in total. The van der Waals surface area contributed by atoms with Crippen molar-refractivity contribution in [2.24, 2.45) is 0 Å². The summed E-state index contributed by atoms with van der Waals surface area (Å²) in [5.74, 6) is -1.09. The summed E-state index contributed by atoms with van der Waals surface area (Å²) in [6, 6.07) is 9.70. The Morgan fingerprint density at radius 3 is 2.64 bits per heavy atom. The van der Waals surface area contributed by atoms with Crippen molar-refractivity contribution in [2.75, 3.05) is 12.3 Å². The lowest BCUT2D eigenvalue weighted by molar-refractivity contribution is -0.124. The number of halogens is 2. The number of carbonyl (C=O) groups is 2. The van der Waals surface area contributed by atoms with Crippen LogP contribution in [0.25, 0.3) is 0 Å². The zero-order chi connectivity index (χ0) is 18.6. The molecule has 2 aromatic rings. The van der Waals surface area contributed by atoms with Crippen LogP contribution in [0.1, 0.15) is 34.5 Å². The SMILES string of the molecule is Cc1cccc(C(=O)OCC(=O)N[C@H](C)c2ccc(Cl)cc2Cl)c1N. The Hall–Kier alpha value is -2.24. The Balaban J connectivity index is 1.94. The quantitative estimate of drug-likeness (QED) is 0.608. The first-order chi connectivity index (χ1) is 11.8. The summed E-state index contributed by atoms with van der Waals surface area (Å²) >= 11 is 12.0. The van der Waals surface area contributed by atoms with Gasteiger partial charge in [-0.1, -0.05) is 41.4 Å². The first kappa shape index (κ1) is 19.1. The van der Waals surface area contributed by atoms with Crippen LogP contribution in [0.5, 0.6) is 0 Å². The van der Waals surface area contributed by atoms with E-state index in [0.717, 1.165) is 5.56 Å². The van der Waals surface area contributed by atoms with E-state index in [4.69, 9.17) is 33.7 Å². The van der Waals surface area contributed by atoms with Gasteiger partial charge in [-0.15, -0.1) is 0 Å². The number of esters is 1. The molecule has 0 saturated heterocycles. The molecular weight excluding hydrogens is 363 g/mol. The van der Waals surface area contributed by atoms with E-state index in [1.807, 2.05) is 0 Å². The second-order valence-electron chi connectivity index (χ2n) is 5.57. The topological polar surface area (TPSA) is 81.4 Å². The molecule has 0 aliphatic heterocycles. The van der Waals surface area contributed by atoms with Crippen molar-refractivity contribution >= 4 is 40.8 Å². The van der Waals surface area contributed by atoms with E-state index < -0.39 is 18.5 Å². The van der Waals surface area contributed by atoms with Crippen molar-refractivity contribution in [3.63, 3.8) is 0 Å². The number of amides is 1. The molecule has 25 heavy (non-hydrogen) atoms. The van der Waals surface area contributed by atoms with Crippen molar-refractivity contribution in [3.8, 4) is 0 Å². The Morgan fingerprint density at radius 1 is 1.24 bits per heavy atom. The lowest BCUT2D eigenvalue weighted by Gasteiger charge is -2.16. The first-order valence-corrected chi connectivity index (χ1v) is 8.31. The largest absolute Gasteiger partial charge is 0.452 e. The highest BCUT2D eigenvalue weighted by atomic mass is 35.5. The van der Waals surface area contributed by atoms with Gasteiger partial charge in [0.25, 0.3) is 5.91 Å². The van der Waals surface area contributed by atoms with Crippen LogP contribution >= 0.6 is 23.2 Å². The minimum Gasteiger partial charge on any atom is -0.452 e. The average Bonchev–Trinajstić information content (AvgIpc) is 2.55. The second-order valence-corrected chi connectivity index (χ2v) is 6.41. The predicted octanol–water partition coefficient (Wildman–Crippen LogP) is 3.92. The van der Waals surface area contributed by atoms with Crippen LogP contribution in [-0.4, -0.2) is 18.5 Å². The van der Waals surface area contributed by atoms with Crippen LogP contribution in [0.3, 0.4) is 0 Å². The Morgan fingerprint density at radius 2 is 1.96 bits per heavy atom. The summed E-state index contributed by atoms with van der Waals surface area (Å²) < 4.78 is 5.03. The zero-order valence-corrected chi connectivity index (χ0v) is 15.3. The molecule has 0 unspecified atom stereocenters. The highest BCUT2D eigenvalue weighted by molar-refractivity contribution is 6.35. The van der Waals surface area contributed by atoms with Crippen LogP contribution in [0.4, 0.5) is 5.69 Å². The second kappa shape index (κ2) is 8.23. The van der Waals surface area contributed by atoms with Crippen molar-refractivity contribution in [1.29, 1.82) is 0 Å². The monoisotopic (exact) mass is 380 g/mol. The van der Waals surface area contributed by atoms with E-state index in [2.05, 4.69) is 5.32 Å². The highest BCUT2D eigenvalue weighted by Gasteiger charge is 2.17.